The molecule has 0 saturated heterocycles. The van der Waals surface area contributed by atoms with Gasteiger partial charge in [0.15, 0.2) is 0 Å². The van der Waals surface area contributed by atoms with E-state index in [9.17, 15) is 4.79 Å². The minimum absolute atomic E-state index is 0.224. The SMILES string of the molecule is COCCOc1ccc(NC(=O)C(C)(C)OC)c(C)n1. The van der Waals surface area contributed by atoms with Gasteiger partial charge in [-0.05, 0) is 26.8 Å². The summed E-state index contributed by atoms with van der Waals surface area (Å²) in [6, 6.07) is 3.46. The summed E-state index contributed by atoms with van der Waals surface area (Å²) in [6.45, 7) is 6.14. The molecule has 6 nitrogen and oxygen atoms in total. The van der Waals surface area contributed by atoms with Crippen molar-refractivity contribution >= 4 is 11.6 Å². The molecule has 1 heterocycles. The molecule has 0 aromatic carbocycles. The van der Waals surface area contributed by atoms with Crippen LogP contribution in [-0.2, 0) is 14.3 Å². The van der Waals surface area contributed by atoms with Gasteiger partial charge in [0.2, 0.25) is 5.88 Å². The Labute approximate surface area is 119 Å². The summed E-state index contributed by atoms with van der Waals surface area (Å²) in [7, 11) is 3.11. The Hall–Kier alpha value is -1.66. The van der Waals surface area contributed by atoms with E-state index in [-0.39, 0.29) is 5.91 Å². The molecule has 20 heavy (non-hydrogen) atoms. The molecule has 1 aromatic rings. The molecule has 0 spiro atoms. The van der Waals surface area contributed by atoms with E-state index in [4.69, 9.17) is 14.2 Å². The van der Waals surface area contributed by atoms with Crippen molar-refractivity contribution in [1.29, 1.82) is 0 Å². The zero-order valence-corrected chi connectivity index (χ0v) is 12.6. The standard InChI is InChI=1S/C14H22N2O4/c1-10-11(16-13(17)14(2,3)19-5)6-7-12(15-10)20-9-8-18-4/h6-7H,8-9H2,1-5H3,(H,16,17). The van der Waals surface area contributed by atoms with Crippen LogP contribution >= 0.6 is 0 Å². The van der Waals surface area contributed by atoms with Crippen LogP contribution in [0, 0.1) is 6.92 Å². The number of carbonyl (C=O) groups is 1. The van der Waals surface area contributed by atoms with Crippen LogP contribution in [0.3, 0.4) is 0 Å². The topological polar surface area (TPSA) is 69.7 Å². The average Bonchev–Trinajstić information content (AvgIpc) is 2.41. The highest BCUT2D eigenvalue weighted by molar-refractivity contribution is 5.97. The predicted octanol–water partition coefficient (Wildman–Crippen LogP) is 1.78. The van der Waals surface area contributed by atoms with Crippen molar-refractivity contribution in [2.45, 2.75) is 26.4 Å². The fourth-order valence-electron chi connectivity index (χ4n) is 1.35. The molecule has 0 saturated carbocycles. The number of hydrogen-bond acceptors (Lipinski definition) is 5. The Kier molecular flexibility index (Phi) is 5.91. The van der Waals surface area contributed by atoms with E-state index >= 15 is 0 Å². The highest BCUT2D eigenvalue weighted by Crippen LogP contribution is 2.19. The summed E-state index contributed by atoms with van der Waals surface area (Å²) in [4.78, 5) is 16.3. The zero-order valence-electron chi connectivity index (χ0n) is 12.6. The number of anilines is 1. The minimum Gasteiger partial charge on any atom is -0.475 e. The number of amides is 1. The summed E-state index contributed by atoms with van der Waals surface area (Å²) in [5.74, 6) is 0.279. The van der Waals surface area contributed by atoms with Crippen molar-refractivity contribution in [2.24, 2.45) is 0 Å². The second kappa shape index (κ2) is 7.21. The summed E-state index contributed by atoms with van der Waals surface area (Å²) in [6.07, 6.45) is 0. The first-order valence-electron chi connectivity index (χ1n) is 6.36. The van der Waals surface area contributed by atoms with E-state index in [1.165, 1.54) is 7.11 Å². The Bertz CT molecular complexity index is 460. The van der Waals surface area contributed by atoms with Crippen LogP contribution in [0.25, 0.3) is 0 Å². The predicted molar refractivity (Wildman–Crippen MR) is 76.1 cm³/mol. The lowest BCUT2D eigenvalue weighted by molar-refractivity contribution is -0.133. The summed E-state index contributed by atoms with van der Waals surface area (Å²) < 4.78 is 15.4. The fourth-order valence-corrected chi connectivity index (χ4v) is 1.35. The van der Waals surface area contributed by atoms with Crippen LogP contribution in [-0.4, -0.2) is 43.9 Å². The molecular formula is C14H22N2O4. The molecule has 0 unspecified atom stereocenters. The molecule has 0 fully saturated rings. The molecule has 112 valence electrons. The smallest absolute Gasteiger partial charge is 0.256 e. The van der Waals surface area contributed by atoms with Gasteiger partial charge in [0.25, 0.3) is 5.91 Å². The molecule has 1 N–H and O–H groups in total. The lowest BCUT2D eigenvalue weighted by atomic mass is 10.1. The molecule has 0 aliphatic carbocycles. The van der Waals surface area contributed by atoms with E-state index in [1.807, 2.05) is 0 Å². The van der Waals surface area contributed by atoms with E-state index in [1.54, 1.807) is 40.0 Å². The highest BCUT2D eigenvalue weighted by atomic mass is 16.5. The Balaban J connectivity index is 2.71. The van der Waals surface area contributed by atoms with Gasteiger partial charge in [-0.3, -0.25) is 4.79 Å². The Morgan fingerprint density at radius 2 is 2.00 bits per heavy atom. The van der Waals surface area contributed by atoms with Gasteiger partial charge in [-0.25, -0.2) is 4.98 Å². The van der Waals surface area contributed by atoms with Gasteiger partial charge in [-0.2, -0.15) is 0 Å². The molecule has 6 heteroatoms. The van der Waals surface area contributed by atoms with Crippen LogP contribution in [0.2, 0.25) is 0 Å². The number of pyridine rings is 1. The normalized spacial score (nSPS) is 11.2. The molecule has 0 aliphatic heterocycles. The minimum atomic E-state index is -0.889. The second-order valence-corrected chi connectivity index (χ2v) is 4.79. The van der Waals surface area contributed by atoms with E-state index in [0.717, 1.165) is 0 Å². The summed E-state index contributed by atoms with van der Waals surface area (Å²) >= 11 is 0. The highest BCUT2D eigenvalue weighted by Gasteiger charge is 2.27. The van der Waals surface area contributed by atoms with Crippen molar-refractivity contribution in [3.8, 4) is 5.88 Å². The third-order valence-corrected chi connectivity index (χ3v) is 2.90. The largest absolute Gasteiger partial charge is 0.475 e. The fraction of sp³-hybridized carbons (Fsp3) is 0.571. The van der Waals surface area contributed by atoms with Gasteiger partial charge in [0.05, 0.1) is 18.0 Å². The molecule has 0 atom stereocenters. The number of aromatic nitrogens is 1. The molecule has 0 radical (unpaired) electrons. The second-order valence-electron chi connectivity index (χ2n) is 4.79. The maximum atomic E-state index is 12.0. The molecular weight excluding hydrogens is 260 g/mol. The average molecular weight is 282 g/mol. The third-order valence-electron chi connectivity index (χ3n) is 2.90. The summed E-state index contributed by atoms with van der Waals surface area (Å²) in [5, 5.41) is 2.79. The summed E-state index contributed by atoms with van der Waals surface area (Å²) in [5.41, 5.74) is 0.430. The van der Waals surface area contributed by atoms with Crippen molar-refractivity contribution in [3.05, 3.63) is 17.8 Å². The first kappa shape index (κ1) is 16.4. The third kappa shape index (κ3) is 4.47. The maximum Gasteiger partial charge on any atom is 0.256 e. The van der Waals surface area contributed by atoms with Crippen molar-refractivity contribution in [3.63, 3.8) is 0 Å². The molecule has 1 aromatic heterocycles. The number of nitrogens with one attached hydrogen (secondary N) is 1. The van der Waals surface area contributed by atoms with Gasteiger partial charge in [0.1, 0.15) is 12.2 Å². The number of nitrogens with zero attached hydrogens (tertiary/aromatic N) is 1. The van der Waals surface area contributed by atoms with Crippen LogP contribution in [0.4, 0.5) is 5.69 Å². The Morgan fingerprint density at radius 1 is 1.30 bits per heavy atom. The van der Waals surface area contributed by atoms with Crippen LogP contribution in [0.1, 0.15) is 19.5 Å². The molecule has 0 aliphatic rings. The van der Waals surface area contributed by atoms with Gasteiger partial charge in [0, 0.05) is 20.3 Å². The number of aryl methyl sites for hydroxylation is 1. The van der Waals surface area contributed by atoms with Crippen LogP contribution < -0.4 is 10.1 Å². The van der Waals surface area contributed by atoms with Crippen molar-refractivity contribution in [1.82, 2.24) is 4.98 Å². The molecule has 0 bridgehead atoms. The quantitative estimate of drug-likeness (QED) is 0.772. The first-order chi connectivity index (χ1) is 9.40. The van der Waals surface area contributed by atoms with Gasteiger partial charge >= 0.3 is 0 Å². The first-order valence-corrected chi connectivity index (χ1v) is 6.36. The number of carbonyl (C=O) groups excluding carboxylic acids is 1. The van der Waals surface area contributed by atoms with Crippen LogP contribution in [0.5, 0.6) is 5.88 Å². The van der Waals surface area contributed by atoms with Crippen molar-refractivity contribution in [2.75, 3.05) is 32.8 Å². The number of ether oxygens (including phenoxy) is 3. The zero-order chi connectivity index (χ0) is 15.2. The van der Waals surface area contributed by atoms with E-state index in [0.29, 0.717) is 30.5 Å². The van der Waals surface area contributed by atoms with Gasteiger partial charge in [-0.15, -0.1) is 0 Å². The van der Waals surface area contributed by atoms with Gasteiger partial charge < -0.3 is 19.5 Å². The van der Waals surface area contributed by atoms with E-state index in [2.05, 4.69) is 10.3 Å². The van der Waals surface area contributed by atoms with Crippen LogP contribution in [0.15, 0.2) is 12.1 Å². The lowest BCUT2D eigenvalue weighted by Crippen LogP contribution is -2.39. The monoisotopic (exact) mass is 282 g/mol. The Morgan fingerprint density at radius 3 is 2.55 bits per heavy atom. The number of hydrogen-bond donors (Lipinski definition) is 1. The molecule has 1 amide bonds. The number of methoxy groups -OCH3 is 2. The maximum absolute atomic E-state index is 12.0. The number of rotatable bonds is 7. The molecule has 1 rings (SSSR count). The van der Waals surface area contributed by atoms with Crippen molar-refractivity contribution < 1.29 is 19.0 Å². The van der Waals surface area contributed by atoms with Gasteiger partial charge in [-0.1, -0.05) is 0 Å². The lowest BCUT2D eigenvalue weighted by Gasteiger charge is -2.22. The van der Waals surface area contributed by atoms with E-state index < -0.39 is 5.60 Å².